The molecule has 276 valence electrons. The van der Waals surface area contributed by atoms with Gasteiger partial charge in [0.05, 0.1) is 19.2 Å². The predicted octanol–water partition coefficient (Wildman–Crippen LogP) is 5.69. The summed E-state index contributed by atoms with van der Waals surface area (Å²) >= 11 is 0. The summed E-state index contributed by atoms with van der Waals surface area (Å²) in [6.45, 7) is 1.46. The Morgan fingerprint density at radius 2 is 1.56 bits per heavy atom. The van der Waals surface area contributed by atoms with Crippen LogP contribution >= 0.6 is 0 Å². The number of nitrogens with zero attached hydrogens (tertiary/aromatic N) is 7. The van der Waals surface area contributed by atoms with Gasteiger partial charge in [-0.15, -0.1) is 0 Å². The largest absolute Gasteiger partial charge is 0.497 e. The fourth-order valence-electron chi connectivity index (χ4n) is 6.78. The standard InChI is InChI=1S/C36H37F6N7O3/c1-52-29-10-7-25(8-11-29)23-49-33(51)30(36(40,41)42)19-31(45-49)48-22-26(17-24-5-3-2-4-6-24)18-28(48)9-12-32(50)46-13-15-47(16-14-46)34-43-20-27(21-44-34)35(37,38)39/h2-8,10-11,19-21,26,28H,9,12-18,22-23H2,1H3/t26-,28-/m1/s1. The normalized spacial score (nSPS) is 18.2. The number of ether oxygens (including phenoxy) is 1. The smallest absolute Gasteiger partial charge is 0.421 e. The van der Waals surface area contributed by atoms with Crippen molar-refractivity contribution in [3.63, 3.8) is 0 Å². The van der Waals surface area contributed by atoms with Crippen molar-refractivity contribution in [1.29, 1.82) is 0 Å². The van der Waals surface area contributed by atoms with Gasteiger partial charge in [-0.05, 0) is 48.4 Å². The van der Waals surface area contributed by atoms with Crippen LogP contribution in [0.2, 0.25) is 0 Å². The van der Waals surface area contributed by atoms with Crippen LogP contribution in [0.15, 0.2) is 77.9 Å². The highest BCUT2D eigenvalue weighted by Gasteiger charge is 2.39. The average molecular weight is 730 g/mol. The van der Waals surface area contributed by atoms with Gasteiger partial charge in [0.15, 0.2) is 0 Å². The number of benzene rings is 2. The Balaban J connectivity index is 1.19. The molecule has 0 radical (unpaired) electrons. The maximum atomic E-state index is 14.3. The Bertz CT molecular complexity index is 1880. The summed E-state index contributed by atoms with van der Waals surface area (Å²) in [5, 5.41) is 4.45. The minimum Gasteiger partial charge on any atom is -0.497 e. The Morgan fingerprint density at radius 3 is 2.17 bits per heavy atom. The third-order valence-corrected chi connectivity index (χ3v) is 9.49. The van der Waals surface area contributed by atoms with Crippen LogP contribution in [0.25, 0.3) is 0 Å². The van der Waals surface area contributed by atoms with E-state index in [0.29, 0.717) is 63.3 Å². The molecule has 2 saturated heterocycles. The molecular weight excluding hydrogens is 692 g/mol. The number of carbonyl (C=O) groups excluding carboxylic acids is 1. The zero-order valence-corrected chi connectivity index (χ0v) is 28.3. The molecule has 2 aromatic carbocycles. The molecule has 4 heterocycles. The van der Waals surface area contributed by atoms with Crippen molar-refractivity contribution in [1.82, 2.24) is 24.6 Å². The van der Waals surface area contributed by atoms with Gasteiger partial charge in [0, 0.05) is 63.6 Å². The van der Waals surface area contributed by atoms with Gasteiger partial charge in [-0.3, -0.25) is 9.59 Å². The summed E-state index contributed by atoms with van der Waals surface area (Å²) in [4.78, 5) is 39.4. The second-order valence-corrected chi connectivity index (χ2v) is 13.0. The molecule has 2 aliphatic heterocycles. The fourth-order valence-corrected chi connectivity index (χ4v) is 6.78. The molecule has 4 aromatic rings. The first-order valence-electron chi connectivity index (χ1n) is 16.8. The molecule has 2 aromatic heterocycles. The van der Waals surface area contributed by atoms with Gasteiger partial charge in [0.2, 0.25) is 11.9 Å². The van der Waals surface area contributed by atoms with Gasteiger partial charge in [0.1, 0.15) is 17.1 Å². The summed E-state index contributed by atoms with van der Waals surface area (Å²) in [5.74, 6) is 0.618. The molecule has 0 aliphatic carbocycles. The van der Waals surface area contributed by atoms with Crippen molar-refractivity contribution < 1.29 is 35.9 Å². The highest BCUT2D eigenvalue weighted by atomic mass is 19.4. The van der Waals surface area contributed by atoms with Gasteiger partial charge >= 0.3 is 12.4 Å². The van der Waals surface area contributed by atoms with E-state index < -0.39 is 29.0 Å². The van der Waals surface area contributed by atoms with Gasteiger partial charge in [-0.25, -0.2) is 14.6 Å². The maximum absolute atomic E-state index is 14.3. The molecule has 16 heteroatoms. The van der Waals surface area contributed by atoms with E-state index in [1.807, 2.05) is 30.3 Å². The molecule has 2 aliphatic rings. The summed E-state index contributed by atoms with van der Waals surface area (Å²) in [5.41, 5.74) is -1.87. The Morgan fingerprint density at radius 1 is 0.885 bits per heavy atom. The van der Waals surface area contributed by atoms with E-state index >= 15 is 0 Å². The molecule has 2 atom stereocenters. The van der Waals surface area contributed by atoms with E-state index in [1.165, 1.54) is 7.11 Å². The summed E-state index contributed by atoms with van der Waals surface area (Å²) in [6, 6.07) is 16.8. The third-order valence-electron chi connectivity index (χ3n) is 9.49. The van der Waals surface area contributed by atoms with Gasteiger partial charge in [-0.2, -0.15) is 31.4 Å². The molecule has 2 fully saturated rings. The first-order valence-corrected chi connectivity index (χ1v) is 16.8. The SMILES string of the molecule is COc1ccc(Cn2nc(N3C[C@H](Cc4ccccc4)C[C@H]3CCC(=O)N3CCN(c4ncc(C(F)(F)F)cn4)CC3)cc(C(F)(F)F)c2=O)cc1. The second kappa shape index (κ2) is 15.2. The van der Waals surface area contributed by atoms with Crippen molar-refractivity contribution in [2.24, 2.45) is 5.92 Å². The van der Waals surface area contributed by atoms with E-state index in [4.69, 9.17) is 4.74 Å². The highest BCUT2D eigenvalue weighted by Crippen LogP contribution is 2.35. The Hall–Kier alpha value is -5.15. The first-order chi connectivity index (χ1) is 24.8. The van der Waals surface area contributed by atoms with E-state index in [-0.39, 0.29) is 42.6 Å². The van der Waals surface area contributed by atoms with Crippen molar-refractivity contribution in [2.45, 2.75) is 50.6 Å². The first kappa shape index (κ1) is 36.6. The van der Waals surface area contributed by atoms with E-state index in [1.54, 1.807) is 39.0 Å². The lowest BCUT2D eigenvalue weighted by atomic mass is 9.95. The number of methoxy groups -OCH3 is 1. The van der Waals surface area contributed by atoms with Gasteiger partial charge < -0.3 is 19.4 Å². The van der Waals surface area contributed by atoms with Crippen molar-refractivity contribution in [2.75, 3.05) is 49.6 Å². The average Bonchev–Trinajstić information content (AvgIpc) is 3.53. The minimum atomic E-state index is -4.92. The minimum absolute atomic E-state index is 0.0126. The third kappa shape index (κ3) is 8.65. The molecule has 0 saturated carbocycles. The zero-order chi connectivity index (χ0) is 37.0. The Labute approximate surface area is 295 Å². The monoisotopic (exact) mass is 729 g/mol. The van der Waals surface area contributed by atoms with Crippen LogP contribution in [0.1, 0.15) is 41.5 Å². The number of alkyl halides is 6. The number of hydrogen-bond donors (Lipinski definition) is 0. The van der Waals surface area contributed by atoms with Crippen molar-refractivity contribution in [3.05, 3.63) is 106 Å². The number of rotatable bonds is 10. The van der Waals surface area contributed by atoms with Crippen LogP contribution in [-0.4, -0.2) is 76.4 Å². The van der Waals surface area contributed by atoms with Crippen LogP contribution in [-0.2, 0) is 30.1 Å². The van der Waals surface area contributed by atoms with Crippen molar-refractivity contribution >= 4 is 17.7 Å². The molecule has 0 unspecified atom stereocenters. The maximum Gasteiger partial charge on any atom is 0.421 e. The lowest BCUT2D eigenvalue weighted by molar-refractivity contribution is -0.139. The number of piperazine rings is 1. The molecule has 6 rings (SSSR count). The molecular formula is C36H37F6N7O3. The summed E-state index contributed by atoms with van der Waals surface area (Å²) in [6.07, 6.45) is -6.27. The van der Waals surface area contributed by atoms with E-state index in [0.717, 1.165) is 28.7 Å². The van der Waals surface area contributed by atoms with E-state index in [9.17, 15) is 35.9 Å². The van der Waals surface area contributed by atoms with Crippen LogP contribution < -0.4 is 20.1 Å². The lowest BCUT2D eigenvalue weighted by Gasteiger charge is -2.35. The number of hydrogen-bond acceptors (Lipinski definition) is 8. The van der Waals surface area contributed by atoms with E-state index in [2.05, 4.69) is 15.1 Å². The van der Waals surface area contributed by atoms with Crippen LogP contribution in [0.5, 0.6) is 5.75 Å². The van der Waals surface area contributed by atoms with Crippen LogP contribution in [0.3, 0.4) is 0 Å². The summed E-state index contributed by atoms with van der Waals surface area (Å²) in [7, 11) is 1.49. The number of amides is 1. The molecule has 0 bridgehead atoms. The van der Waals surface area contributed by atoms with Crippen molar-refractivity contribution in [3.8, 4) is 5.75 Å². The van der Waals surface area contributed by atoms with Gasteiger partial charge in [0.25, 0.3) is 5.56 Å². The molecule has 0 N–H and O–H groups in total. The number of anilines is 2. The van der Waals surface area contributed by atoms with Gasteiger partial charge in [-0.1, -0.05) is 42.5 Å². The Kier molecular flexibility index (Phi) is 10.7. The quantitative estimate of drug-likeness (QED) is 0.192. The van der Waals surface area contributed by atoms with Crippen LogP contribution in [0.4, 0.5) is 38.1 Å². The second-order valence-electron chi connectivity index (χ2n) is 13.0. The topological polar surface area (TPSA) is 96.7 Å². The summed E-state index contributed by atoms with van der Waals surface area (Å²) < 4.78 is 87.6. The molecule has 0 spiro atoms. The zero-order valence-electron chi connectivity index (χ0n) is 28.3. The highest BCUT2D eigenvalue weighted by molar-refractivity contribution is 5.76. The number of carbonyl (C=O) groups is 1. The molecule has 10 nitrogen and oxygen atoms in total. The fraction of sp³-hybridized carbons (Fsp3) is 0.417. The number of halogens is 6. The predicted molar refractivity (Wildman–Crippen MR) is 180 cm³/mol. The number of aromatic nitrogens is 4. The lowest BCUT2D eigenvalue weighted by Crippen LogP contribution is -2.49. The molecule has 52 heavy (non-hydrogen) atoms. The van der Waals surface area contributed by atoms with Crippen LogP contribution in [0, 0.1) is 5.92 Å². The molecule has 1 amide bonds.